The lowest BCUT2D eigenvalue weighted by Gasteiger charge is -2.24. The van der Waals surface area contributed by atoms with Gasteiger partial charge in [-0.3, -0.25) is 4.79 Å². The van der Waals surface area contributed by atoms with Gasteiger partial charge in [-0.05, 0) is 64.6 Å². The van der Waals surface area contributed by atoms with Crippen molar-refractivity contribution in [2.75, 3.05) is 4.90 Å². The number of anilines is 1. The maximum absolute atomic E-state index is 13.2. The minimum atomic E-state index is -0.351. The van der Waals surface area contributed by atoms with Crippen LogP contribution in [0.2, 0.25) is 0 Å². The first-order valence-corrected chi connectivity index (χ1v) is 8.59. The Balaban J connectivity index is 2.00. The molecule has 0 aliphatic carbocycles. The monoisotopic (exact) mass is 431 g/mol. The number of benzene rings is 3. The second-order valence-corrected chi connectivity index (χ2v) is 6.50. The average molecular weight is 431 g/mol. The van der Waals surface area contributed by atoms with Crippen LogP contribution in [0.5, 0.6) is 0 Å². The van der Waals surface area contributed by atoms with E-state index in [2.05, 4.69) is 22.6 Å². The van der Waals surface area contributed by atoms with Gasteiger partial charge in [-0.15, -0.1) is 0 Å². The van der Waals surface area contributed by atoms with Gasteiger partial charge in [0.05, 0.1) is 12.2 Å². The van der Waals surface area contributed by atoms with E-state index in [4.69, 9.17) is 0 Å². The summed E-state index contributed by atoms with van der Waals surface area (Å²) in [4.78, 5) is 14.7. The number of hydrogen-bond acceptors (Lipinski definition) is 1. The largest absolute Gasteiger partial charge is 0.303 e. The second kappa shape index (κ2) is 7.57. The number of hydrogen-bond donors (Lipinski definition) is 0. The van der Waals surface area contributed by atoms with Crippen molar-refractivity contribution < 1.29 is 9.18 Å². The lowest BCUT2D eigenvalue weighted by molar-refractivity contribution is 0.0985. The van der Waals surface area contributed by atoms with Crippen LogP contribution < -0.4 is 4.90 Å². The molecule has 3 aromatic carbocycles. The van der Waals surface area contributed by atoms with Crippen molar-refractivity contribution >= 4 is 34.2 Å². The van der Waals surface area contributed by atoms with Crippen molar-refractivity contribution in [2.45, 2.75) is 6.54 Å². The smallest absolute Gasteiger partial charge is 0.258 e. The van der Waals surface area contributed by atoms with Gasteiger partial charge in [-0.1, -0.05) is 42.5 Å². The molecule has 0 unspecified atom stereocenters. The Bertz CT molecular complexity index is 834. The minimum absolute atomic E-state index is 0.150. The van der Waals surface area contributed by atoms with Gasteiger partial charge >= 0.3 is 0 Å². The summed E-state index contributed by atoms with van der Waals surface area (Å²) < 4.78 is 14.1. The molecule has 0 aliphatic rings. The van der Waals surface area contributed by atoms with Crippen LogP contribution in [-0.2, 0) is 6.54 Å². The van der Waals surface area contributed by atoms with Crippen LogP contribution >= 0.6 is 22.6 Å². The standard InChI is InChI=1S/C20H15FINO/c21-17-12-10-16(11-13-17)20(24)23(14-15-6-2-1-3-7-15)19-9-5-4-8-18(19)22/h1-13H,14H2. The predicted molar refractivity (Wildman–Crippen MR) is 103 cm³/mol. The van der Waals surface area contributed by atoms with Crippen LogP contribution in [0, 0.1) is 9.39 Å². The molecule has 0 aromatic heterocycles. The Hall–Kier alpha value is -2.21. The number of para-hydroxylation sites is 1. The molecule has 0 saturated heterocycles. The van der Waals surface area contributed by atoms with E-state index >= 15 is 0 Å². The van der Waals surface area contributed by atoms with E-state index in [0.717, 1.165) is 14.8 Å². The first-order chi connectivity index (χ1) is 11.6. The van der Waals surface area contributed by atoms with Crippen molar-refractivity contribution in [1.82, 2.24) is 0 Å². The number of carbonyl (C=O) groups is 1. The van der Waals surface area contributed by atoms with Crippen molar-refractivity contribution in [1.29, 1.82) is 0 Å². The lowest BCUT2D eigenvalue weighted by Crippen LogP contribution is -2.31. The molecule has 0 heterocycles. The van der Waals surface area contributed by atoms with E-state index in [9.17, 15) is 9.18 Å². The van der Waals surface area contributed by atoms with Gasteiger partial charge in [0.2, 0.25) is 0 Å². The molecule has 3 aromatic rings. The van der Waals surface area contributed by atoms with Crippen molar-refractivity contribution in [3.05, 3.63) is 99.4 Å². The zero-order valence-corrected chi connectivity index (χ0v) is 15.0. The second-order valence-electron chi connectivity index (χ2n) is 5.34. The number of rotatable bonds is 4. The lowest BCUT2D eigenvalue weighted by atomic mass is 10.1. The number of carbonyl (C=O) groups excluding carboxylic acids is 1. The first kappa shape index (κ1) is 16.6. The fraction of sp³-hybridized carbons (Fsp3) is 0.0500. The number of amides is 1. The SMILES string of the molecule is O=C(c1ccc(F)cc1)N(Cc1ccccc1)c1ccccc1I. The van der Waals surface area contributed by atoms with Crippen LogP contribution in [0.3, 0.4) is 0 Å². The van der Waals surface area contributed by atoms with E-state index in [-0.39, 0.29) is 11.7 Å². The highest BCUT2D eigenvalue weighted by Gasteiger charge is 2.20. The summed E-state index contributed by atoms with van der Waals surface area (Å²) in [6, 6.07) is 23.2. The van der Waals surface area contributed by atoms with E-state index < -0.39 is 0 Å². The first-order valence-electron chi connectivity index (χ1n) is 7.51. The van der Waals surface area contributed by atoms with E-state index in [1.807, 2.05) is 54.6 Å². The number of nitrogens with zero attached hydrogens (tertiary/aromatic N) is 1. The summed E-state index contributed by atoms with van der Waals surface area (Å²) in [7, 11) is 0. The predicted octanol–water partition coefficient (Wildman–Crippen LogP) is 5.28. The Kier molecular flexibility index (Phi) is 5.25. The van der Waals surface area contributed by atoms with Gasteiger partial charge in [-0.2, -0.15) is 0 Å². The average Bonchev–Trinajstić information content (AvgIpc) is 2.61. The van der Waals surface area contributed by atoms with Gasteiger partial charge in [-0.25, -0.2) is 4.39 Å². The summed E-state index contributed by atoms with van der Waals surface area (Å²) in [5, 5.41) is 0. The van der Waals surface area contributed by atoms with Gasteiger partial charge in [0.15, 0.2) is 0 Å². The Morgan fingerprint density at radius 3 is 2.17 bits per heavy atom. The molecule has 0 atom stereocenters. The zero-order valence-electron chi connectivity index (χ0n) is 12.8. The molecule has 0 spiro atoms. The van der Waals surface area contributed by atoms with Crippen LogP contribution in [0.15, 0.2) is 78.9 Å². The maximum atomic E-state index is 13.2. The maximum Gasteiger partial charge on any atom is 0.258 e. The highest BCUT2D eigenvalue weighted by molar-refractivity contribution is 14.1. The van der Waals surface area contributed by atoms with Crippen molar-refractivity contribution in [2.24, 2.45) is 0 Å². The van der Waals surface area contributed by atoms with Gasteiger partial charge < -0.3 is 4.90 Å². The van der Waals surface area contributed by atoms with E-state index in [0.29, 0.717) is 12.1 Å². The molecule has 0 radical (unpaired) electrons. The molecular formula is C20H15FINO. The summed E-state index contributed by atoms with van der Waals surface area (Å²) in [5.41, 5.74) is 2.34. The summed E-state index contributed by atoms with van der Waals surface area (Å²) in [5.74, 6) is -0.501. The fourth-order valence-corrected chi connectivity index (χ4v) is 3.13. The van der Waals surface area contributed by atoms with Gasteiger partial charge in [0.25, 0.3) is 5.91 Å². The Morgan fingerprint density at radius 2 is 1.50 bits per heavy atom. The highest BCUT2D eigenvalue weighted by Crippen LogP contribution is 2.26. The molecule has 120 valence electrons. The molecule has 0 saturated carbocycles. The quantitative estimate of drug-likeness (QED) is 0.515. The third-order valence-electron chi connectivity index (χ3n) is 3.66. The summed E-state index contributed by atoms with van der Waals surface area (Å²) >= 11 is 2.22. The van der Waals surface area contributed by atoms with Crippen molar-refractivity contribution in [3.63, 3.8) is 0 Å². The molecule has 4 heteroatoms. The van der Waals surface area contributed by atoms with Gasteiger partial charge in [0, 0.05) is 9.13 Å². The highest BCUT2D eigenvalue weighted by atomic mass is 127. The number of halogens is 2. The zero-order chi connectivity index (χ0) is 16.9. The third-order valence-corrected chi connectivity index (χ3v) is 4.58. The molecule has 2 nitrogen and oxygen atoms in total. The molecule has 24 heavy (non-hydrogen) atoms. The van der Waals surface area contributed by atoms with Crippen LogP contribution in [0.4, 0.5) is 10.1 Å². The third kappa shape index (κ3) is 3.82. The van der Waals surface area contributed by atoms with E-state index in [1.165, 1.54) is 24.3 Å². The molecule has 0 aliphatic heterocycles. The Labute approximate surface area is 154 Å². The molecule has 0 N–H and O–H groups in total. The molecular weight excluding hydrogens is 416 g/mol. The summed E-state index contributed by atoms with van der Waals surface area (Å²) in [6.07, 6.45) is 0. The van der Waals surface area contributed by atoms with E-state index in [1.54, 1.807) is 4.90 Å². The Morgan fingerprint density at radius 1 is 0.875 bits per heavy atom. The van der Waals surface area contributed by atoms with Crippen LogP contribution in [0.1, 0.15) is 15.9 Å². The molecule has 0 fully saturated rings. The van der Waals surface area contributed by atoms with Crippen LogP contribution in [-0.4, -0.2) is 5.91 Å². The van der Waals surface area contributed by atoms with Gasteiger partial charge in [0.1, 0.15) is 5.82 Å². The van der Waals surface area contributed by atoms with Crippen molar-refractivity contribution in [3.8, 4) is 0 Å². The molecule has 1 amide bonds. The summed E-state index contributed by atoms with van der Waals surface area (Å²) in [6.45, 7) is 0.455. The normalized spacial score (nSPS) is 10.4. The fourth-order valence-electron chi connectivity index (χ4n) is 2.45. The van der Waals surface area contributed by atoms with Crippen LogP contribution in [0.25, 0.3) is 0 Å². The topological polar surface area (TPSA) is 20.3 Å². The molecule has 3 rings (SSSR count). The minimum Gasteiger partial charge on any atom is -0.303 e. The molecule has 0 bridgehead atoms.